The molecule has 0 unspecified atom stereocenters. The first-order chi connectivity index (χ1) is 22.8. The van der Waals surface area contributed by atoms with Crippen molar-refractivity contribution in [1.82, 2.24) is 0 Å². The molecule has 0 bridgehead atoms. The van der Waals surface area contributed by atoms with Gasteiger partial charge in [0, 0.05) is 37.1 Å². The summed E-state index contributed by atoms with van der Waals surface area (Å²) in [7, 11) is 0. The number of benzene rings is 7. The van der Waals surface area contributed by atoms with Gasteiger partial charge in [-0.05, 0) is 93.9 Å². The van der Waals surface area contributed by atoms with Crippen molar-refractivity contribution in [3.63, 3.8) is 0 Å². The number of anilines is 3. The average molecular weight is 610 g/mol. The van der Waals surface area contributed by atoms with Gasteiger partial charge in [0.25, 0.3) is 0 Å². The Hall–Kier alpha value is -4.92. The van der Waals surface area contributed by atoms with Crippen LogP contribution in [0.3, 0.4) is 0 Å². The zero-order valence-corrected chi connectivity index (χ0v) is 26.6. The van der Waals surface area contributed by atoms with E-state index in [-0.39, 0.29) is 0 Å². The van der Waals surface area contributed by atoms with Crippen LogP contribution in [-0.2, 0) is 0 Å². The second kappa shape index (κ2) is 11.5. The minimum absolute atomic E-state index is 0.681. The summed E-state index contributed by atoms with van der Waals surface area (Å²) in [4.78, 5) is 2.49. The van der Waals surface area contributed by atoms with Crippen molar-refractivity contribution in [3.8, 4) is 11.1 Å². The van der Waals surface area contributed by atoms with Gasteiger partial charge in [0.05, 0.1) is 5.69 Å². The molecule has 7 aromatic carbocycles. The summed E-state index contributed by atoms with van der Waals surface area (Å²) >= 11 is 1.88. The zero-order valence-electron chi connectivity index (χ0n) is 25.8. The second-order valence-corrected chi connectivity index (χ2v) is 13.9. The SMILES string of the molecule is c1ccc2cc(-c3c(N(c4ccc(C5CCCCC5)cc4)c4ccc5c(c4)sc4ccccc45)ccc4ccccc34)ccc2c1. The van der Waals surface area contributed by atoms with Crippen LogP contribution in [0.1, 0.15) is 43.6 Å². The second-order valence-electron chi connectivity index (χ2n) is 12.8. The minimum Gasteiger partial charge on any atom is -0.310 e. The first-order valence-electron chi connectivity index (χ1n) is 16.6. The van der Waals surface area contributed by atoms with E-state index < -0.39 is 0 Å². The Morgan fingerprint density at radius 1 is 0.478 bits per heavy atom. The Morgan fingerprint density at radius 3 is 2.00 bits per heavy atom. The van der Waals surface area contributed by atoms with E-state index in [4.69, 9.17) is 0 Å². The molecule has 1 heterocycles. The van der Waals surface area contributed by atoms with Crippen LogP contribution in [0.4, 0.5) is 17.1 Å². The molecule has 0 amide bonds. The van der Waals surface area contributed by atoms with E-state index in [1.165, 1.54) is 108 Å². The van der Waals surface area contributed by atoms with Gasteiger partial charge in [-0.2, -0.15) is 0 Å². The predicted octanol–water partition coefficient (Wildman–Crippen LogP) is 13.5. The van der Waals surface area contributed by atoms with Crippen molar-refractivity contribution < 1.29 is 0 Å². The molecule has 0 aliphatic heterocycles. The molecule has 0 spiro atoms. The molecule has 8 aromatic rings. The maximum absolute atomic E-state index is 2.49. The van der Waals surface area contributed by atoms with Crippen molar-refractivity contribution in [3.05, 3.63) is 151 Å². The molecule has 1 nitrogen and oxygen atoms in total. The molecule has 46 heavy (non-hydrogen) atoms. The van der Waals surface area contributed by atoms with E-state index in [1.807, 2.05) is 11.3 Å². The molecule has 1 aliphatic carbocycles. The third-order valence-electron chi connectivity index (χ3n) is 10.0. The summed E-state index contributed by atoms with van der Waals surface area (Å²) in [5.74, 6) is 0.681. The van der Waals surface area contributed by atoms with E-state index in [2.05, 4.69) is 150 Å². The molecule has 0 N–H and O–H groups in total. The largest absolute Gasteiger partial charge is 0.310 e. The topological polar surface area (TPSA) is 3.24 Å². The summed E-state index contributed by atoms with van der Waals surface area (Å²) in [6.45, 7) is 0. The fourth-order valence-corrected chi connectivity index (χ4v) is 8.85. The van der Waals surface area contributed by atoms with Crippen molar-refractivity contribution in [1.29, 1.82) is 0 Å². The van der Waals surface area contributed by atoms with Crippen molar-refractivity contribution in [2.45, 2.75) is 38.0 Å². The third-order valence-corrected chi connectivity index (χ3v) is 11.2. The lowest BCUT2D eigenvalue weighted by atomic mass is 9.84. The van der Waals surface area contributed by atoms with Gasteiger partial charge < -0.3 is 4.90 Å². The van der Waals surface area contributed by atoms with Crippen LogP contribution >= 0.6 is 11.3 Å². The minimum atomic E-state index is 0.681. The summed E-state index contributed by atoms with van der Waals surface area (Å²) in [6, 6.07) is 54.4. The Morgan fingerprint density at radius 2 is 1.15 bits per heavy atom. The van der Waals surface area contributed by atoms with Crippen molar-refractivity contribution in [2.24, 2.45) is 0 Å². The van der Waals surface area contributed by atoms with E-state index in [0.29, 0.717) is 5.92 Å². The van der Waals surface area contributed by atoms with Gasteiger partial charge in [-0.1, -0.05) is 122 Å². The van der Waals surface area contributed by atoms with Crippen molar-refractivity contribution >= 4 is 70.1 Å². The van der Waals surface area contributed by atoms with E-state index in [0.717, 1.165) is 0 Å². The lowest BCUT2D eigenvalue weighted by Crippen LogP contribution is -2.12. The third kappa shape index (κ3) is 4.76. The standard InChI is InChI=1S/C44H35NS/c1-2-10-30(11-3-1)32-20-23-36(24-21-32)45(37-25-26-40-39-16-8-9-17-42(39)46-43(40)29-37)41-27-22-33-13-6-7-15-38(33)44(41)35-19-18-31-12-4-5-14-34(31)28-35/h4-9,12-30H,1-3,10-11H2. The number of thiophene rings is 1. The highest BCUT2D eigenvalue weighted by Crippen LogP contribution is 2.47. The maximum atomic E-state index is 2.49. The molecule has 1 saturated carbocycles. The summed E-state index contributed by atoms with van der Waals surface area (Å²) in [6.07, 6.45) is 6.69. The lowest BCUT2D eigenvalue weighted by molar-refractivity contribution is 0.443. The molecular formula is C44H35NS. The summed E-state index contributed by atoms with van der Waals surface area (Å²) in [5, 5.41) is 7.70. The molecule has 222 valence electrons. The molecule has 1 aromatic heterocycles. The van der Waals surface area contributed by atoms with Crippen LogP contribution < -0.4 is 4.90 Å². The highest BCUT2D eigenvalue weighted by molar-refractivity contribution is 7.25. The molecule has 9 rings (SSSR count). The number of nitrogens with zero attached hydrogens (tertiary/aromatic N) is 1. The van der Waals surface area contributed by atoms with Gasteiger partial charge in [0.1, 0.15) is 0 Å². The Kier molecular flexibility index (Phi) is 6.83. The zero-order chi connectivity index (χ0) is 30.5. The van der Waals surface area contributed by atoms with E-state index in [1.54, 1.807) is 0 Å². The predicted molar refractivity (Wildman–Crippen MR) is 200 cm³/mol. The fraction of sp³-hybridized carbons (Fsp3) is 0.136. The highest BCUT2D eigenvalue weighted by atomic mass is 32.1. The van der Waals surface area contributed by atoms with Gasteiger partial charge in [0.15, 0.2) is 0 Å². The summed E-state index contributed by atoms with van der Waals surface area (Å²) < 4.78 is 2.65. The van der Waals surface area contributed by atoms with Gasteiger partial charge in [-0.15, -0.1) is 11.3 Å². The first-order valence-corrected chi connectivity index (χ1v) is 17.4. The van der Waals surface area contributed by atoms with E-state index >= 15 is 0 Å². The van der Waals surface area contributed by atoms with E-state index in [9.17, 15) is 0 Å². The number of fused-ring (bicyclic) bond motifs is 5. The van der Waals surface area contributed by atoms with Crippen LogP contribution in [0.15, 0.2) is 146 Å². The molecular weight excluding hydrogens is 575 g/mol. The first kappa shape index (κ1) is 27.4. The number of rotatable bonds is 5. The average Bonchev–Trinajstić information content (AvgIpc) is 3.50. The monoisotopic (exact) mass is 609 g/mol. The molecule has 0 atom stereocenters. The van der Waals surface area contributed by atoms with Gasteiger partial charge in [-0.25, -0.2) is 0 Å². The van der Waals surface area contributed by atoms with Crippen LogP contribution in [-0.4, -0.2) is 0 Å². The quantitative estimate of drug-likeness (QED) is 0.188. The van der Waals surface area contributed by atoms with Crippen molar-refractivity contribution in [2.75, 3.05) is 4.90 Å². The molecule has 1 aliphatic rings. The van der Waals surface area contributed by atoms with Gasteiger partial charge in [0.2, 0.25) is 0 Å². The number of hydrogen-bond acceptors (Lipinski definition) is 2. The molecule has 0 radical (unpaired) electrons. The van der Waals surface area contributed by atoms with Crippen LogP contribution in [0.2, 0.25) is 0 Å². The van der Waals surface area contributed by atoms with Crippen LogP contribution in [0, 0.1) is 0 Å². The molecule has 0 saturated heterocycles. The Labute approximate surface area is 274 Å². The fourth-order valence-electron chi connectivity index (χ4n) is 7.71. The Balaban J connectivity index is 1.28. The van der Waals surface area contributed by atoms with Gasteiger partial charge in [-0.3, -0.25) is 0 Å². The van der Waals surface area contributed by atoms with Crippen LogP contribution in [0.5, 0.6) is 0 Å². The summed E-state index contributed by atoms with van der Waals surface area (Å²) in [5.41, 5.74) is 7.55. The van der Waals surface area contributed by atoms with Gasteiger partial charge >= 0.3 is 0 Å². The molecule has 1 fully saturated rings. The Bertz CT molecular complexity index is 2360. The maximum Gasteiger partial charge on any atom is 0.0546 e. The lowest BCUT2D eigenvalue weighted by Gasteiger charge is -2.29. The smallest absolute Gasteiger partial charge is 0.0546 e. The normalized spacial score (nSPS) is 14.0. The number of hydrogen-bond donors (Lipinski definition) is 0. The van der Waals surface area contributed by atoms with Crippen LogP contribution in [0.25, 0.3) is 52.8 Å². The highest BCUT2D eigenvalue weighted by Gasteiger charge is 2.22. The molecule has 2 heteroatoms.